The van der Waals surface area contributed by atoms with Gasteiger partial charge >= 0.3 is 0 Å². The monoisotopic (exact) mass is 278 g/mol. The van der Waals surface area contributed by atoms with Gasteiger partial charge in [0.05, 0.1) is 19.7 Å². The van der Waals surface area contributed by atoms with Gasteiger partial charge in [-0.15, -0.1) is 0 Å². The van der Waals surface area contributed by atoms with E-state index < -0.39 is 0 Å². The average Bonchev–Trinajstić information content (AvgIpc) is 2.46. The molecule has 0 saturated heterocycles. The number of Topliss-reactive ketones (excluding diaryl/α,β-unsaturated/α-hetero) is 1. The molecule has 5 nitrogen and oxygen atoms in total. The van der Waals surface area contributed by atoms with Crippen LogP contribution in [0.5, 0.6) is 5.75 Å². The van der Waals surface area contributed by atoms with Crippen LogP contribution in [0.1, 0.15) is 24.2 Å². The third kappa shape index (κ3) is 4.35. The molecule has 0 aliphatic rings. The lowest BCUT2D eigenvalue weighted by Crippen LogP contribution is -2.42. The Morgan fingerprint density at radius 3 is 2.40 bits per heavy atom. The molecular weight excluding hydrogens is 256 g/mol. The first kappa shape index (κ1) is 16.2. The zero-order valence-corrected chi connectivity index (χ0v) is 12.5. The number of ketones is 1. The summed E-state index contributed by atoms with van der Waals surface area (Å²) in [6.07, 6.45) is 0. The molecule has 1 unspecified atom stereocenters. The fourth-order valence-electron chi connectivity index (χ4n) is 1.81. The van der Waals surface area contributed by atoms with E-state index in [1.807, 2.05) is 6.92 Å². The summed E-state index contributed by atoms with van der Waals surface area (Å²) in [6.45, 7) is 4.46. The minimum absolute atomic E-state index is 0.0144. The number of hydrogen-bond donors (Lipinski definition) is 1. The van der Waals surface area contributed by atoms with Gasteiger partial charge < -0.3 is 10.1 Å². The van der Waals surface area contributed by atoms with E-state index in [9.17, 15) is 9.59 Å². The van der Waals surface area contributed by atoms with Gasteiger partial charge in [0.25, 0.3) is 0 Å². The largest absolute Gasteiger partial charge is 0.497 e. The highest BCUT2D eigenvalue weighted by Gasteiger charge is 2.21. The minimum atomic E-state index is -0.356. The molecule has 5 heteroatoms. The van der Waals surface area contributed by atoms with E-state index in [0.29, 0.717) is 17.9 Å². The van der Waals surface area contributed by atoms with Crippen molar-refractivity contribution in [3.8, 4) is 5.75 Å². The van der Waals surface area contributed by atoms with Gasteiger partial charge in [-0.3, -0.25) is 14.5 Å². The topological polar surface area (TPSA) is 58.6 Å². The lowest BCUT2D eigenvalue weighted by Gasteiger charge is -2.23. The molecular formula is C15H22N2O3. The maximum atomic E-state index is 12.3. The molecule has 0 aliphatic carbocycles. The van der Waals surface area contributed by atoms with Crippen molar-refractivity contribution >= 4 is 11.7 Å². The molecule has 20 heavy (non-hydrogen) atoms. The highest BCUT2D eigenvalue weighted by Crippen LogP contribution is 2.14. The van der Waals surface area contributed by atoms with Crippen LogP contribution in [0.25, 0.3) is 0 Å². The summed E-state index contributed by atoms with van der Waals surface area (Å²) in [5, 5.41) is 2.72. The SMILES string of the molecule is CCNC(=O)CN(C)C(C)C(=O)c1ccc(OC)cc1. The third-order valence-corrected chi connectivity index (χ3v) is 3.18. The summed E-state index contributed by atoms with van der Waals surface area (Å²) in [5.74, 6) is 0.619. The number of carbonyl (C=O) groups excluding carboxylic acids is 2. The van der Waals surface area contributed by atoms with Crippen LogP contribution < -0.4 is 10.1 Å². The minimum Gasteiger partial charge on any atom is -0.497 e. The van der Waals surface area contributed by atoms with Crippen molar-refractivity contribution in [2.75, 3.05) is 27.2 Å². The van der Waals surface area contributed by atoms with Crippen LogP contribution >= 0.6 is 0 Å². The average molecular weight is 278 g/mol. The normalized spacial score (nSPS) is 12.1. The molecule has 0 spiro atoms. The Morgan fingerprint density at radius 2 is 1.90 bits per heavy atom. The lowest BCUT2D eigenvalue weighted by molar-refractivity contribution is -0.122. The highest BCUT2D eigenvalue weighted by atomic mass is 16.5. The molecule has 1 N–H and O–H groups in total. The zero-order valence-electron chi connectivity index (χ0n) is 12.5. The van der Waals surface area contributed by atoms with E-state index in [1.54, 1.807) is 50.2 Å². The smallest absolute Gasteiger partial charge is 0.234 e. The van der Waals surface area contributed by atoms with Crippen LogP contribution in [0.15, 0.2) is 24.3 Å². The van der Waals surface area contributed by atoms with Crippen molar-refractivity contribution in [2.24, 2.45) is 0 Å². The molecule has 0 aromatic heterocycles. The second-order valence-electron chi connectivity index (χ2n) is 4.64. The molecule has 1 amide bonds. The van der Waals surface area contributed by atoms with Gasteiger partial charge in [-0.1, -0.05) is 0 Å². The number of carbonyl (C=O) groups is 2. The van der Waals surface area contributed by atoms with Crippen LogP contribution in [-0.2, 0) is 4.79 Å². The van der Waals surface area contributed by atoms with Gasteiger partial charge in [-0.2, -0.15) is 0 Å². The Labute approximate surface area is 119 Å². The van der Waals surface area contributed by atoms with Gasteiger partial charge in [0.2, 0.25) is 5.91 Å². The number of benzene rings is 1. The number of amides is 1. The van der Waals surface area contributed by atoms with E-state index in [2.05, 4.69) is 5.32 Å². The summed E-state index contributed by atoms with van der Waals surface area (Å²) >= 11 is 0. The van der Waals surface area contributed by atoms with E-state index in [-0.39, 0.29) is 24.3 Å². The summed E-state index contributed by atoms with van der Waals surface area (Å²) in [7, 11) is 3.35. The van der Waals surface area contributed by atoms with Crippen LogP contribution in [0.3, 0.4) is 0 Å². The van der Waals surface area contributed by atoms with Crippen molar-refractivity contribution in [1.82, 2.24) is 10.2 Å². The van der Waals surface area contributed by atoms with Crippen molar-refractivity contribution in [1.29, 1.82) is 0 Å². The van der Waals surface area contributed by atoms with Gasteiger partial charge in [0.15, 0.2) is 5.78 Å². The molecule has 1 atom stereocenters. The van der Waals surface area contributed by atoms with Gasteiger partial charge in [-0.05, 0) is 45.2 Å². The Bertz CT molecular complexity index is 457. The van der Waals surface area contributed by atoms with Gasteiger partial charge in [-0.25, -0.2) is 0 Å². The molecule has 0 radical (unpaired) electrons. The number of ether oxygens (including phenoxy) is 1. The molecule has 0 aliphatic heterocycles. The van der Waals surface area contributed by atoms with Crippen molar-refractivity contribution in [3.05, 3.63) is 29.8 Å². The Hall–Kier alpha value is -1.88. The Balaban J connectivity index is 2.67. The van der Waals surface area contributed by atoms with Crippen molar-refractivity contribution < 1.29 is 14.3 Å². The van der Waals surface area contributed by atoms with E-state index in [1.165, 1.54) is 0 Å². The molecule has 0 saturated carbocycles. The molecule has 1 rings (SSSR count). The molecule has 1 aromatic rings. The predicted molar refractivity (Wildman–Crippen MR) is 78.1 cm³/mol. The first-order chi connectivity index (χ1) is 9.49. The van der Waals surface area contributed by atoms with E-state index in [4.69, 9.17) is 4.74 Å². The fraction of sp³-hybridized carbons (Fsp3) is 0.467. The Kier molecular flexibility index (Phi) is 6.18. The van der Waals surface area contributed by atoms with Gasteiger partial charge in [0.1, 0.15) is 5.75 Å². The summed E-state index contributed by atoms with van der Waals surface area (Å²) in [4.78, 5) is 25.6. The van der Waals surface area contributed by atoms with Gasteiger partial charge in [0, 0.05) is 12.1 Å². The van der Waals surface area contributed by atoms with Crippen LogP contribution in [0.2, 0.25) is 0 Å². The number of rotatable bonds is 7. The maximum Gasteiger partial charge on any atom is 0.234 e. The number of nitrogens with zero attached hydrogens (tertiary/aromatic N) is 1. The maximum absolute atomic E-state index is 12.3. The number of methoxy groups -OCH3 is 1. The first-order valence-electron chi connectivity index (χ1n) is 6.64. The Morgan fingerprint density at radius 1 is 1.30 bits per heavy atom. The van der Waals surface area contributed by atoms with Crippen LogP contribution in [0.4, 0.5) is 0 Å². The molecule has 0 heterocycles. The summed E-state index contributed by atoms with van der Waals surface area (Å²) < 4.78 is 5.06. The summed E-state index contributed by atoms with van der Waals surface area (Å²) in [5.41, 5.74) is 0.612. The van der Waals surface area contributed by atoms with E-state index >= 15 is 0 Å². The second-order valence-corrected chi connectivity index (χ2v) is 4.64. The predicted octanol–water partition coefficient (Wildman–Crippen LogP) is 1.33. The molecule has 1 aromatic carbocycles. The standard InChI is InChI=1S/C15H22N2O3/c1-5-16-14(18)10-17(3)11(2)15(19)12-6-8-13(20-4)9-7-12/h6-9,11H,5,10H2,1-4H3,(H,16,18). The number of nitrogens with one attached hydrogen (secondary N) is 1. The lowest BCUT2D eigenvalue weighted by atomic mass is 10.0. The van der Waals surface area contributed by atoms with Crippen molar-refractivity contribution in [3.63, 3.8) is 0 Å². The first-order valence-corrected chi connectivity index (χ1v) is 6.64. The van der Waals surface area contributed by atoms with Crippen LogP contribution in [0, 0.1) is 0 Å². The quantitative estimate of drug-likeness (QED) is 0.765. The fourth-order valence-corrected chi connectivity index (χ4v) is 1.81. The molecule has 0 fully saturated rings. The number of hydrogen-bond acceptors (Lipinski definition) is 4. The van der Waals surface area contributed by atoms with E-state index in [0.717, 1.165) is 0 Å². The molecule has 0 bridgehead atoms. The second kappa shape index (κ2) is 7.65. The van der Waals surface area contributed by atoms with Crippen molar-refractivity contribution in [2.45, 2.75) is 19.9 Å². The molecule has 110 valence electrons. The highest BCUT2D eigenvalue weighted by molar-refractivity contribution is 6.00. The third-order valence-electron chi connectivity index (χ3n) is 3.18. The zero-order chi connectivity index (χ0) is 15.1. The summed E-state index contributed by atoms with van der Waals surface area (Å²) in [6, 6.07) is 6.62. The van der Waals surface area contributed by atoms with Crippen LogP contribution in [-0.4, -0.2) is 49.9 Å². The number of likely N-dealkylation sites (N-methyl/N-ethyl adjacent to an activating group) is 2.